The van der Waals surface area contributed by atoms with Gasteiger partial charge in [-0.05, 0) is 12.5 Å². The van der Waals surface area contributed by atoms with Crippen LogP contribution in [0.25, 0.3) is 5.65 Å². The van der Waals surface area contributed by atoms with E-state index in [0.717, 1.165) is 42.7 Å². The molecule has 8 nitrogen and oxygen atoms in total. The quantitative estimate of drug-likeness (QED) is 0.710. The number of hydrogen-bond acceptors (Lipinski definition) is 7. The van der Waals surface area contributed by atoms with Gasteiger partial charge in [0.1, 0.15) is 5.82 Å². The largest absolute Gasteiger partial charge is 0.355 e. The van der Waals surface area contributed by atoms with E-state index in [1.54, 1.807) is 0 Å². The van der Waals surface area contributed by atoms with E-state index in [1.807, 2.05) is 60.4 Å². The minimum Gasteiger partial charge on any atom is -0.355 e. The Bertz CT molecular complexity index is 874. The summed E-state index contributed by atoms with van der Waals surface area (Å²) in [5, 5.41) is 0. The van der Waals surface area contributed by atoms with Gasteiger partial charge in [-0.1, -0.05) is 0 Å². The van der Waals surface area contributed by atoms with E-state index >= 15 is 0 Å². The van der Waals surface area contributed by atoms with Crippen molar-refractivity contribution in [1.29, 1.82) is 0 Å². The first kappa shape index (κ1) is 15.6. The lowest BCUT2D eigenvalue weighted by atomic mass is 10.2. The molecule has 4 heterocycles. The summed E-state index contributed by atoms with van der Waals surface area (Å²) < 4.78 is 2.01. The second-order valence-corrected chi connectivity index (χ2v) is 6.52. The molecule has 1 saturated heterocycles. The SMILES string of the molecule is CN(C)c1nccc(N(C)C2CCN(c3nccn4ccnc34)C2)n1. The maximum Gasteiger partial charge on any atom is 0.226 e. The van der Waals surface area contributed by atoms with Gasteiger partial charge in [0.05, 0.1) is 0 Å². The van der Waals surface area contributed by atoms with Crippen LogP contribution in [0.3, 0.4) is 0 Å². The summed E-state index contributed by atoms with van der Waals surface area (Å²) in [6.07, 6.45) is 10.4. The third-order valence-corrected chi connectivity index (χ3v) is 4.69. The Labute approximate surface area is 146 Å². The standard InChI is InChI=1S/C17H22N8/c1-22(2)17-20-6-4-14(21-17)23(3)13-5-9-25(12-13)16-15-18-7-10-24(15)11-8-19-16/h4,6-8,10-11,13H,5,9,12H2,1-3H3. The summed E-state index contributed by atoms with van der Waals surface area (Å²) in [5.74, 6) is 2.61. The van der Waals surface area contributed by atoms with Gasteiger partial charge >= 0.3 is 0 Å². The third kappa shape index (κ3) is 2.84. The number of fused-ring (bicyclic) bond motifs is 1. The van der Waals surface area contributed by atoms with Gasteiger partial charge in [-0.25, -0.2) is 15.0 Å². The molecule has 25 heavy (non-hydrogen) atoms. The fraction of sp³-hybridized carbons (Fsp3) is 0.412. The van der Waals surface area contributed by atoms with Crippen molar-refractivity contribution in [3.63, 3.8) is 0 Å². The molecule has 8 heteroatoms. The summed E-state index contributed by atoms with van der Waals surface area (Å²) in [6.45, 7) is 1.86. The fourth-order valence-electron chi connectivity index (χ4n) is 3.25. The van der Waals surface area contributed by atoms with Crippen LogP contribution >= 0.6 is 0 Å². The summed E-state index contributed by atoms with van der Waals surface area (Å²) >= 11 is 0. The van der Waals surface area contributed by atoms with Crippen molar-refractivity contribution >= 4 is 23.2 Å². The monoisotopic (exact) mass is 338 g/mol. The highest BCUT2D eigenvalue weighted by molar-refractivity contribution is 5.64. The predicted molar refractivity (Wildman–Crippen MR) is 98.4 cm³/mol. The van der Waals surface area contributed by atoms with Crippen molar-refractivity contribution < 1.29 is 0 Å². The number of imidazole rings is 1. The molecular formula is C17H22N8. The molecule has 3 aromatic heterocycles. The Morgan fingerprint density at radius 1 is 1.04 bits per heavy atom. The second-order valence-electron chi connectivity index (χ2n) is 6.52. The van der Waals surface area contributed by atoms with Gasteiger partial charge < -0.3 is 19.1 Å². The van der Waals surface area contributed by atoms with E-state index in [2.05, 4.69) is 36.8 Å². The van der Waals surface area contributed by atoms with E-state index in [-0.39, 0.29) is 0 Å². The number of rotatable bonds is 4. The lowest BCUT2D eigenvalue weighted by molar-refractivity contribution is 0.682. The molecule has 0 bridgehead atoms. The molecule has 0 amide bonds. The van der Waals surface area contributed by atoms with Crippen molar-refractivity contribution in [3.05, 3.63) is 37.1 Å². The zero-order chi connectivity index (χ0) is 17.4. The molecule has 1 atom stereocenters. The van der Waals surface area contributed by atoms with E-state index in [4.69, 9.17) is 0 Å². The van der Waals surface area contributed by atoms with Crippen molar-refractivity contribution in [2.24, 2.45) is 0 Å². The normalized spacial score (nSPS) is 17.2. The van der Waals surface area contributed by atoms with Crippen molar-refractivity contribution in [2.45, 2.75) is 12.5 Å². The minimum atomic E-state index is 0.377. The van der Waals surface area contributed by atoms with Crippen LogP contribution in [0.2, 0.25) is 0 Å². The van der Waals surface area contributed by atoms with Crippen LogP contribution in [-0.4, -0.2) is 64.6 Å². The minimum absolute atomic E-state index is 0.377. The maximum atomic E-state index is 4.65. The molecule has 0 aliphatic carbocycles. The Hall–Kier alpha value is -2.90. The first-order valence-electron chi connectivity index (χ1n) is 8.39. The van der Waals surface area contributed by atoms with Crippen LogP contribution in [0.1, 0.15) is 6.42 Å². The summed E-state index contributed by atoms with van der Waals surface area (Å²) in [6, 6.07) is 2.34. The van der Waals surface area contributed by atoms with Crippen LogP contribution < -0.4 is 14.7 Å². The van der Waals surface area contributed by atoms with Gasteiger partial charge in [-0.2, -0.15) is 4.98 Å². The van der Waals surface area contributed by atoms with Crippen molar-refractivity contribution in [1.82, 2.24) is 24.3 Å². The van der Waals surface area contributed by atoms with Crippen molar-refractivity contribution in [3.8, 4) is 0 Å². The summed E-state index contributed by atoms with van der Waals surface area (Å²) in [4.78, 5) is 24.4. The maximum absolute atomic E-state index is 4.65. The molecule has 1 aliphatic rings. The Kier molecular flexibility index (Phi) is 3.87. The number of nitrogens with zero attached hydrogens (tertiary/aromatic N) is 8. The topological polar surface area (TPSA) is 65.7 Å². The highest BCUT2D eigenvalue weighted by Gasteiger charge is 2.29. The van der Waals surface area contributed by atoms with E-state index in [1.165, 1.54) is 0 Å². The molecule has 0 spiro atoms. The van der Waals surface area contributed by atoms with Crippen molar-refractivity contribution in [2.75, 3.05) is 48.9 Å². The van der Waals surface area contributed by atoms with Crippen LogP contribution in [0, 0.1) is 0 Å². The molecule has 0 N–H and O–H groups in total. The molecule has 1 aliphatic heterocycles. The summed E-state index contributed by atoms with van der Waals surface area (Å²) in [5.41, 5.74) is 0.905. The second kappa shape index (κ2) is 6.19. The fourth-order valence-corrected chi connectivity index (χ4v) is 3.25. The molecule has 0 saturated carbocycles. The lowest BCUT2D eigenvalue weighted by Crippen LogP contribution is -2.35. The van der Waals surface area contributed by atoms with Gasteiger partial charge in [-0.3, -0.25) is 0 Å². The number of likely N-dealkylation sites (N-methyl/N-ethyl adjacent to an activating group) is 1. The van der Waals surface area contributed by atoms with Gasteiger partial charge in [0.25, 0.3) is 0 Å². The Morgan fingerprint density at radius 2 is 1.84 bits per heavy atom. The molecule has 130 valence electrons. The average molecular weight is 338 g/mol. The van der Waals surface area contributed by atoms with Gasteiger partial charge in [0.2, 0.25) is 5.95 Å². The van der Waals surface area contributed by atoms with Gasteiger partial charge in [-0.15, -0.1) is 0 Å². The Morgan fingerprint density at radius 3 is 2.64 bits per heavy atom. The molecule has 1 unspecified atom stereocenters. The number of aromatic nitrogens is 5. The van der Waals surface area contributed by atoms with Crippen LogP contribution in [0.15, 0.2) is 37.1 Å². The molecule has 3 aromatic rings. The zero-order valence-corrected chi connectivity index (χ0v) is 14.7. The lowest BCUT2D eigenvalue weighted by Gasteiger charge is -2.26. The molecule has 1 fully saturated rings. The molecule has 0 radical (unpaired) electrons. The number of hydrogen-bond donors (Lipinski definition) is 0. The summed E-state index contributed by atoms with van der Waals surface area (Å²) in [7, 11) is 6.00. The van der Waals surface area contributed by atoms with Crippen LogP contribution in [0.5, 0.6) is 0 Å². The zero-order valence-electron chi connectivity index (χ0n) is 14.7. The highest BCUT2D eigenvalue weighted by Crippen LogP contribution is 2.26. The smallest absolute Gasteiger partial charge is 0.226 e. The highest BCUT2D eigenvalue weighted by atomic mass is 15.3. The first-order valence-corrected chi connectivity index (χ1v) is 8.39. The molecule has 0 aromatic carbocycles. The Balaban J connectivity index is 1.54. The van der Waals surface area contributed by atoms with Crippen LogP contribution in [0.4, 0.5) is 17.6 Å². The van der Waals surface area contributed by atoms with E-state index in [9.17, 15) is 0 Å². The van der Waals surface area contributed by atoms with Gasteiger partial charge in [0, 0.05) is 71.3 Å². The molecular weight excluding hydrogens is 316 g/mol. The van der Waals surface area contributed by atoms with Crippen LogP contribution in [-0.2, 0) is 0 Å². The first-order chi connectivity index (χ1) is 12.1. The predicted octanol–water partition coefficient (Wildman–Crippen LogP) is 1.30. The average Bonchev–Trinajstić information content (AvgIpc) is 3.30. The van der Waals surface area contributed by atoms with Gasteiger partial charge in [0.15, 0.2) is 11.5 Å². The van der Waals surface area contributed by atoms with E-state index in [0.29, 0.717) is 6.04 Å². The number of anilines is 3. The van der Waals surface area contributed by atoms with E-state index < -0.39 is 0 Å². The third-order valence-electron chi connectivity index (χ3n) is 4.69. The molecule has 4 rings (SSSR count).